The maximum absolute atomic E-state index is 11.3. The van der Waals surface area contributed by atoms with Gasteiger partial charge in [0.25, 0.3) is 0 Å². The summed E-state index contributed by atoms with van der Waals surface area (Å²) in [5.74, 6) is -0.448. The summed E-state index contributed by atoms with van der Waals surface area (Å²) in [4.78, 5) is 17.5. The summed E-state index contributed by atoms with van der Waals surface area (Å²) in [6, 6.07) is -0.632. The molecule has 0 radical (unpaired) electrons. The van der Waals surface area contributed by atoms with E-state index in [9.17, 15) is 9.90 Å². The highest BCUT2D eigenvalue weighted by Crippen LogP contribution is 2.15. The van der Waals surface area contributed by atoms with Crippen LogP contribution in [0.5, 0.6) is 0 Å². The zero-order chi connectivity index (χ0) is 13.8. The molecule has 0 aliphatic carbocycles. The van der Waals surface area contributed by atoms with Gasteiger partial charge < -0.3 is 15.3 Å². The third kappa shape index (κ3) is 2.81. The third-order valence-electron chi connectivity index (χ3n) is 3.28. The first-order chi connectivity index (χ1) is 9.17. The van der Waals surface area contributed by atoms with E-state index in [2.05, 4.69) is 20.5 Å². The molecule has 104 valence electrons. The van der Waals surface area contributed by atoms with E-state index < -0.39 is 12.0 Å². The predicted octanol–water partition coefficient (Wildman–Crippen LogP) is -0.141. The Hall–Kier alpha value is -1.76. The average Bonchev–Trinajstić information content (AvgIpc) is 2.46. The highest BCUT2D eigenvalue weighted by atomic mass is 16.4. The number of aliphatic carboxylic acids is 1. The van der Waals surface area contributed by atoms with Gasteiger partial charge in [0.05, 0.1) is 11.4 Å². The molecule has 19 heavy (non-hydrogen) atoms. The highest BCUT2D eigenvalue weighted by Gasteiger charge is 2.30. The van der Waals surface area contributed by atoms with Crippen molar-refractivity contribution in [3.63, 3.8) is 0 Å². The smallest absolute Gasteiger partial charge is 0.327 e. The Morgan fingerprint density at radius 2 is 2.11 bits per heavy atom. The van der Waals surface area contributed by atoms with Gasteiger partial charge in [-0.25, -0.2) is 9.78 Å². The number of aromatic nitrogens is 3. The number of anilines is 1. The molecular weight excluding hydrogens is 246 g/mol. The Morgan fingerprint density at radius 3 is 2.74 bits per heavy atom. The molecule has 0 spiro atoms. The summed E-state index contributed by atoms with van der Waals surface area (Å²) in [7, 11) is 0. The van der Waals surface area contributed by atoms with Crippen LogP contribution in [-0.2, 0) is 17.6 Å². The lowest BCUT2D eigenvalue weighted by atomic mass is 10.2. The molecule has 7 heteroatoms. The molecule has 1 atom stereocenters. The van der Waals surface area contributed by atoms with Gasteiger partial charge in [0.15, 0.2) is 0 Å². The number of nitrogens with zero attached hydrogens (tertiary/aromatic N) is 4. The number of piperazine rings is 1. The minimum atomic E-state index is -0.867. The number of carboxylic acid groups (broad SMARTS) is 1. The van der Waals surface area contributed by atoms with Crippen LogP contribution in [0.4, 0.5) is 5.95 Å². The lowest BCUT2D eigenvalue weighted by Gasteiger charge is -2.33. The fourth-order valence-corrected chi connectivity index (χ4v) is 2.21. The second-order valence-corrected chi connectivity index (χ2v) is 4.46. The van der Waals surface area contributed by atoms with E-state index in [0.29, 0.717) is 19.0 Å². The van der Waals surface area contributed by atoms with Gasteiger partial charge in [0, 0.05) is 19.6 Å². The van der Waals surface area contributed by atoms with Crippen LogP contribution in [0.2, 0.25) is 0 Å². The first kappa shape index (κ1) is 13.7. The van der Waals surface area contributed by atoms with Gasteiger partial charge >= 0.3 is 5.97 Å². The molecule has 2 N–H and O–H groups in total. The lowest BCUT2D eigenvalue weighted by molar-refractivity contribution is -0.138. The molecule has 1 saturated heterocycles. The van der Waals surface area contributed by atoms with Crippen LogP contribution in [0.1, 0.15) is 25.2 Å². The summed E-state index contributed by atoms with van der Waals surface area (Å²) in [6.07, 6.45) is 1.56. The average molecular weight is 265 g/mol. The van der Waals surface area contributed by atoms with Crippen molar-refractivity contribution in [1.29, 1.82) is 0 Å². The highest BCUT2D eigenvalue weighted by molar-refractivity contribution is 5.78. The first-order valence-electron chi connectivity index (χ1n) is 6.60. The summed E-state index contributed by atoms with van der Waals surface area (Å²) >= 11 is 0. The van der Waals surface area contributed by atoms with E-state index in [1.165, 1.54) is 0 Å². The number of nitrogens with one attached hydrogen (secondary N) is 1. The molecular formula is C12H19N5O2. The Kier molecular flexibility index (Phi) is 4.26. The maximum atomic E-state index is 11.3. The van der Waals surface area contributed by atoms with Gasteiger partial charge in [-0.3, -0.25) is 0 Å². The summed E-state index contributed by atoms with van der Waals surface area (Å²) in [5, 5.41) is 20.6. The Balaban J connectivity index is 2.31. The number of rotatable bonds is 4. The van der Waals surface area contributed by atoms with E-state index in [4.69, 9.17) is 0 Å². The van der Waals surface area contributed by atoms with Crippen LogP contribution >= 0.6 is 0 Å². The summed E-state index contributed by atoms with van der Waals surface area (Å²) in [5.41, 5.74) is 1.78. The van der Waals surface area contributed by atoms with Crippen LogP contribution in [0.3, 0.4) is 0 Å². The molecule has 1 aliphatic rings. The van der Waals surface area contributed by atoms with Gasteiger partial charge in [-0.1, -0.05) is 13.8 Å². The first-order valence-corrected chi connectivity index (χ1v) is 6.60. The van der Waals surface area contributed by atoms with Crippen LogP contribution in [0.25, 0.3) is 0 Å². The Labute approximate surface area is 112 Å². The largest absolute Gasteiger partial charge is 0.480 e. The lowest BCUT2D eigenvalue weighted by Crippen LogP contribution is -2.55. The van der Waals surface area contributed by atoms with Gasteiger partial charge in [0.1, 0.15) is 6.04 Å². The second-order valence-electron chi connectivity index (χ2n) is 4.46. The van der Waals surface area contributed by atoms with E-state index in [0.717, 1.165) is 30.8 Å². The van der Waals surface area contributed by atoms with Gasteiger partial charge in [-0.05, 0) is 12.8 Å². The molecule has 2 rings (SSSR count). The van der Waals surface area contributed by atoms with E-state index >= 15 is 0 Å². The Bertz CT molecular complexity index is 465. The Morgan fingerprint density at radius 1 is 1.37 bits per heavy atom. The summed E-state index contributed by atoms with van der Waals surface area (Å²) in [6.45, 7) is 5.72. The van der Waals surface area contributed by atoms with E-state index in [1.54, 1.807) is 4.90 Å². The number of carbonyl (C=O) groups is 1. The molecule has 0 bridgehead atoms. The number of aryl methyl sites for hydroxylation is 2. The molecule has 1 aromatic rings. The number of hydrogen-bond acceptors (Lipinski definition) is 6. The van der Waals surface area contributed by atoms with Crippen molar-refractivity contribution >= 4 is 11.9 Å². The van der Waals surface area contributed by atoms with Crippen LogP contribution in [0.15, 0.2) is 0 Å². The van der Waals surface area contributed by atoms with Crippen molar-refractivity contribution in [2.24, 2.45) is 0 Å². The van der Waals surface area contributed by atoms with E-state index in [1.807, 2.05) is 13.8 Å². The standard InChI is InChI=1S/C12H19N5O2/c1-3-8-9(4-2)15-16-12(14-8)17-6-5-13-7-10(17)11(18)19/h10,13H,3-7H2,1-2H3,(H,18,19). The minimum absolute atomic E-state index is 0.398. The molecule has 1 aromatic heterocycles. The molecule has 7 nitrogen and oxygen atoms in total. The second kappa shape index (κ2) is 5.92. The fraction of sp³-hybridized carbons (Fsp3) is 0.667. The van der Waals surface area contributed by atoms with Crippen molar-refractivity contribution in [2.75, 3.05) is 24.5 Å². The fourth-order valence-electron chi connectivity index (χ4n) is 2.21. The molecule has 0 aromatic carbocycles. The molecule has 0 amide bonds. The molecule has 1 fully saturated rings. The predicted molar refractivity (Wildman–Crippen MR) is 70.2 cm³/mol. The van der Waals surface area contributed by atoms with Crippen LogP contribution in [0, 0.1) is 0 Å². The van der Waals surface area contributed by atoms with Crippen molar-refractivity contribution < 1.29 is 9.90 Å². The van der Waals surface area contributed by atoms with Gasteiger partial charge in [-0.2, -0.15) is 5.10 Å². The number of hydrogen-bond donors (Lipinski definition) is 2. The van der Waals surface area contributed by atoms with Crippen molar-refractivity contribution in [3.8, 4) is 0 Å². The zero-order valence-electron chi connectivity index (χ0n) is 11.3. The zero-order valence-corrected chi connectivity index (χ0v) is 11.3. The maximum Gasteiger partial charge on any atom is 0.327 e. The minimum Gasteiger partial charge on any atom is -0.480 e. The number of carboxylic acids is 1. The normalized spacial score (nSPS) is 19.5. The van der Waals surface area contributed by atoms with Crippen LogP contribution in [-0.4, -0.2) is 51.9 Å². The SMILES string of the molecule is CCc1nnc(N2CCNCC2C(=O)O)nc1CC. The third-order valence-corrected chi connectivity index (χ3v) is 3.28. The quantitative estimate of drug-likeness (QED) is 0.782. The molecule has 1 aliphatic heterocycles. The van der Waals surface area contributed by atoms with Gasteiger partial charge in [0.2, 0.25) is 5.95 Å². The monoisotopic (exact) mass is 265 g/mol. The van der Waals surface area contributed by atoms with Crippen molar-refractivity contribution in [3.05, 3.63) is 11.4 Å². The van der Waals surface area contributed by atoms with Gasteiger partial charge in [-0.15, -0.1) is 5.10 Å². The van der Waals surface area contributed by atoms with Crippen molar-refractivity contribution in [2.45, 2.75) is 32.7 Å². The summed E-state index contributed by atoms with van der Waals surface area (Å²) < 4.78 is 0. The van der Waals surface area contributed by atoms with Crippen molar-refractivity contribution in [1.82, 2.24) is 20.5 Å². The van der Waals surface area contributed by atoms with E-state index in [-0.39, 0.29) is 0 Å². The topological polar surface area (TPSA) is 91.2 Å². The molecule has 0 saturated carbocycles. The molecule has 2 heterocycles. The molecule has 1 unspecified atom stereocenters. The van der Waals surface area contributed by atoms with Crippen LogP contribution < -0.4 is 10.2 Å².